The smallest absolute Gasteiger partial charge is 0.255 e. The topological polar surface area (TPSA) is 50.2 Å². The van der Waals surface area contributed by atoms with Crippen molar-refractivity contribution < 1.29 is 4.79 Å². The van der Waals surface area contributed by atoms with Gasteiger partial charge in [-0.3, -0.25) is 9.48 Å². The molecule has 122 valence electrons. The van der Waals surface area contributed by atoms with Gasteiger partial charge in [-0.05, 0) is 44.5 Å². The summed E-state index contributed by atoms with van der Waals surface area (Å²) in [5, 5.41) is 8.19. The molecule has 1 N–H and O–H groups in total. The van der Waals surface area contributed by atoms with E-state index < -0.39 is 0 Å². The van der Waals surface area contributed by atoms with Crippen molar-refractivity contribution in [1.82, 2.24) is 15.1 Å². The average molecular weight is 333 g/mol. The second kappa shape index (κ2) is 6.24. The maximum Gasteiger partial charge on any atom is 0.255 e. The van der Waals surface area contributed by atoms with Crippen LogP contribution in [0.5, 0.6) is 0 Å². The zero-order valence-corrected chi connectivity index (χ0v) is 14.4. The third-order valence-corrected chi connectivity index (χ3v) is 4.70. The summed E-state index contributed by atoms with van der Waals surface area (Å²) in [5.74, 6) is -0.0314. The second-order valence-corrected chi connectivity index (χ2v) is 6.49. The van der Waals surface area contributed by atoms with Gasteiger partial charge in [-0.1, -0.05) is 11.6 Å². The van der Waals surface area contributed by atoms with Crippen molar-refractivity contribution in [2.45, 2.75) is 26.3 Å². The largest absolute Gasteiger partial charge is 0.369 e. The molecule has 1 amide bonds. The van der Waals surface area contributed by atoms with E-state index in [2.05, 4.69) is 15.3 Å². The van der Waals surface area contributed by atoms with Gasteiger partial charge in [-0.2, -0.15) is 5.10 Å². The number of aryl methyl sites for hydroxylation is 2. The van der Waals surface area contributed by atoms with E-state index in [1.165, 1.54) is 0 Å². The molecule has 1 aliphatic rings. The summed E-state index contributed by atoms with van der Waals surface area (Å²) in [6, 6.07) is 7.97. The van der Waals surface area contributed by atoms with Gasteiger partial charge in [0.25, 0.3) is 5.91 Å². The number of carbonyl (C=O) groups is 1. The molecule has 6 heteroatoms. The lowest BCUT2D eigenvalue weighted by atomic mass is 10.1. The SMILES string of the molecule is Cc1nn(C)c(C)c1C(=O)N[C@H]1CCN(c2ccc(Cl)cc2)C1. The molecule has 2 heterocycles. The van der Waals surface area contributed by atoms with Crippen molar-refractivity contribution in [2.24, 2.45) is 7.05 Å². The predicted octanol–water partition coefficient (Wildman–Crippen LogP) is 2.70. The Labute approximate surface area is 141 Å². The molecule has 1 aromatic heterocycles. The molecular formula is C17H21ClN4O. The number of hydrogen-bond donors (Lipinski definition) is 1. The first-order chi connectivity index (χ1) is 11.0. The van der Waals surface area contributed by atoms with Crippen LogP contribution in [-0.4, -0.2) is 34.8 Å². The fraction of sp³-hybridized carbons (Fsp3) is 0.412. The van der Waals surface area contributed by atoms with Crippen molar-refractivity contribution in [3.05, 3.63) is 46.2 Å². The molecule has 1 aromatic carbocycles. The molecule has 0 spiro atoms. The number of aromatic nitrogens is 2. The number of nitrogens with one attached hydrogen (secondary N) is 1. The Morgan fingerprint density at radius 2 is 2.00 bits per heavy atom. The minimum atomic E-state index is -0.0314. The first-order valence-corrected chi connectivity index (χ1v) is 8.15. The van der Waals surface area contributed by atoms with Crippen LogP contribution in [0.15, 0.2) is 24.3 Å². The fourth-order valence-electron chi connectivity index (χ4n) is 3.12. The van der Waals surface area contributed by atoms with Crippen LogP contribution < -0.4 is 10.2 Å². The first kappa shape index (κ1) is 15.9. The van der Waals surface area contributed by atoms with E-state index in [9.17, 15) is 4.79 Å². The van der Waals surface area contributed by atoms with E-state index in [0.29, 0.717) is 5.56 Å². The average Bonchev–Trinajstić information content (AvgIpc) is 3.05. The van der Waals surface area contributed by atoms with Gasteiger partial charge in [-0.15, -0.1) is 0 Å². The van der Waals surface area contributed by atoms with Gasteiger partial charge in [0.05, 0.1) is 11.3 Å². The molecule has 0 bridgehead atoms. The van der Waals surface area contributed by atoms with Gasteiger partial charge >= 0.3 is 0 Å². The number of amides is 1. The monoisotopic (exact) mass is 332 g/mol. The molecule has 0 aliphatic carbocycles. The Morgan fingerprint density at radius 1 is 1.30 bits per heavy atom. The number of halogens is 1. The van der Waals surface area contributed by atoms with Gasteiger partial charge in [0.2, 0.25) is 0 Å². The molecule has 0 radical (unpaired) electrons. The number of benzene rings is 1. The van der Waals surface area contributed by atoms with Crippen LogP contribution in [0.1, 0.15) is 28.2 Å². The Kier molecular flexibility index (Phi) is 4.31. The van der Waals surface area contributed by atoms with Gasteiger partial charge in [-0.25, -0.2) is 0 Å². The summed E-state index contributed by atoms with van der Waals surface area (Å²) in [6.07, 6.45) is 0.937. The molecule has 1 aliphatic heterocycles. The van der Waals surface area contributed by atoms with Crippen molar-refractivity contribution in [2.75, 3.05) is 18.0 Å². The molecule has 1 fully saturated rings. The van der Waals surface area contributed by atoms with E-state index in [1.54, 1.807) is 4.68 Å². The number of anilines is 1. The van der Waals surface area contributed by atoms with Crippen LogP contribution in [0, 0.1) is 13.8 Å². The number of nitrogens with zero attached hydrogens (tertiary/aromatic N) is 3. The van der Waals surface area contributed by atoms with Crippen LogP contribution in [0.4, 0.5) is 5.69 Å². The third kappa shape index (κ3) is 3.20. The molecule has 23 heavy (non-hydrogen) atoms. The summed E-state index contributed by atoms with van der Waals surface area (Å²) >= 11 is 5.93. The van der Waals surface area contributed by atoms with Crippen LogP contribution in [-0.2, 0) is 7.05 Å². The number of rotatable bonds is 3. The molecular weight excluding hydrogens is 312 g/mol. The summed E-state index contributed by atoms with van der Waals surface area (Å²) < 4.78 is 1.75. The van der Waals surface area contributed by atoms with Crippen molar-refractivity contribution in [3.63, 3.8) is 0 Å². The molecule has 1 saturated heterocycles. The quantitative estimate of drug-likeness (QED) is 0.940. The highest BCUT2D eigenvalue weighted by Crippen LogP contribution is 2.22. The maximum atomic E-state index is 12.5. The molecule has 5 nitrogen and oxygen atoms in total. The van der Waals surface area contributed by atoms with Crippen molar-refractivity contribution in [1.29, 1.82) is 0 Å². The number of carbonyl (C=O) groups excluding carboxylic acids is 1. The standard InChI is InChI=1S/C17H21ClN4O/c1-11-16(12(2)21(3)20-11)17(23)19-14-8-9-22(10-14)15-6-4-13(18)5-7-15/h4-7,14H,8-10H2,1-3H3,(H,19,23)/t14-/m0/s1. The Morgan fingerprint density at radius 3 is 2.61 bits per heavy atom. The van der Waals surface area contributed by atoms with Gasteiger partial charge in [0.1, 0.15) is 0 Å². The lowest BCUT2D eigenvalue weighted by Gasteiger charge is -2.19. The highest BCUT2D eigenvalue weighted by Gasteiger charge is 2.26. The summed E-state index contributed by atoms with van der Waals surface area (Å²) in [4.78, 5) is 14.8. The Bertz CT molecular complexity index is 723. The van der Waals surface area contributed by atoms with E-state index in [-0.39, 0.29) is 11.9 Å². The lowest BCUT2D eigenvalue weighted by Crippen LogP contribution is -2.37. The van der Waals surface area contributed by atoms with Gasteiger partial charge < -0.3 is 10.2 Å². The molecule has 0 unspecified atom stereocenters. The lowest BCUT2D eigenvalue weighted by molar-refractivity contribution is 0.0939. The van der Waals surface area contributed by atoms with Gasteiger partial charge in [0, 0.05) is 42.6 Å². The third-order valence-electron chi connectivity index (χ3n) is 4.45. The van der Waals surface area contributed by atoms with E-state index in [0.717, 1.165) is 41.6 Å². The van der Waals surface area contributed by atoms with Crippen LogP contribution in [0.2, 0.25) is 5.02 Å². The van der Waals surface area contributed by atoms with Crippen molar-refractivity contribution in [3.8, 4) is 0 Å². The highest BCUT2D eigenvalue weighted by molar-refractivity contribution is 6.30. The first-order valence-electron chi connectivity index (χ1n) is 7.77. The summed E-state index contributed by atoms with van der Waals surface area (Å²) in [5.41, 5.74) is 3.50. The summed E-state index contributed by atoms with van der Waals surface area (Å²) in [6.45, 7) is 5.53. The second-order valence-electron chi connectivity index (χ2n) is 6.05. The minimum absolute atomic E-state index is 0.0314. The predicted molar refractivity (Wildman–Crippen MR) is 92.2 cm³/mol. The van der Waals surface area contributed by atoms with Crippen LogP contribution >= 0.6 is 11.6 Å². The normalized spacial score (nSPS) is 17.6. The molecule has 2 aromatic rings. The highest BCUT2D eigenvalue weighted by atomic mass is 35.5. The van der Waals surface area contributed by atoms with E-state index in [1.807, 2.05) is 45.2 Å². The van der Waals surface area contributed by atoms with Gasteiger partial charge in [0.15, 0.2) is 0 Å². The van der Waals surface area contributed by atoms with Crippen molar-refractivity contribution >= 4 is 23.2 Å². The molecule has 3 rings (SSSR count). The van der Waals surface area contributed by atoms with Crippen LogP contribution in [0.3, 0.4) is 0 Å². The van der Waals surface area contributed by atoms with E-state index >= 15 is 0 Å². The zero-order valence-electron chi connectivity index (χ0n) is 13.6. The summed E-state index contributed by atoms with van der Waals surface area (Å²) in [7, 11) is 1.86. The minimum Gasteiger partial charge on any atom is -0.369 e. The Balaban J connectivity index is 1.66. The molecule has 1 atom stereocenters. The maximum absolute atomic E-state index is 12.5. The molecule has 0 saturated carbocycles. The van der Waals surface area contributed by atoms with E-state index in [4.69, 9.17) is 11.6 Å². The zero-order chi connectivity index (χ0) is 16.6. The van der Waals surface area contributed by atoms with Crippen LogP contribution in [0.25, 0.3) is 0 Å². The number of hydrogen-bond acceptors (Lipinski definition) is 3. The fourth-order valence-corrected chi connectivity index (χ4v) is 3.25. The Hall–Kier alpha value is -2.01.